The Labute approximate surface area is 112 Å². The first-order valence-electron chi connectivity index (χ1n) is 5.54. The number of halogens is 1. The Hall–Kier alpha value is -0.390. The molecule has 0 spiro atoms. The van der Waals surface area contributed by atoms with Gasteiger partial charge in [0.2, 0.25) is 10.0 Å². The van der Waals surface area contributed by atoms with Crippen LogP contribution < -0.4 is 4.72 Å². The van der Waals surface area contributed by atoms with Crippen molar-refractivity contribution in [3.05, 3.63) is 29.8 Å². The lowest BCUT2D eigenvalue weighted by molar-refractivity contribution is 0.582. The van der Waals surface area contributed by atoms with Crippen molar-refractivity contribution in [1.29, 1.82) is 0 Å². The average Bonchev–Trinajstić information content (AvgIpc) is 2.29. The lowest BCUT2D eigenvalue weighted by atomic mass is 10.0. The van der Waals surface area contributed by atoms with Crippen molar-refractivity contribution in [2.24, 2.45) is 5.92 Å². The molecule has 0 amide bonds. The zero-order valence-electron chi connectivity index (χ0n) is 10.3. The van der Waals surface area contributed by atoms with Gasteiger partial charge in [0.1, 0.15) is 0 Å². The average molecular weight is 320 g/mol. The fraction of sp³-hybridized carbons (Fsp3) is 0.500. The van der Waals surface area contributed by atoms with Crippen LogP contribution in [0.25, 0.3) is 0 Å². The van der Waals surface area contributed by atoms with Gasteiger partial charge in [0.25, 0.3) is 0 Å². The molecule has 96 valence electrons. The summed E-state index contributed by atoms with van der Waals surface area (Å²) in [6.07, 6.45) is 0.703. The number of alkyl halides is 1. The number of sulfonamides is 1. The van der Waals surface area contributed by atoms with E-state index in [1.165, 1.54) is 7.05 Å². The molecule has 0 aliphatic carbocycles. The normalized spacial score (nSPS) is 13.9. The van der Waals surface area contributed by atoms with Crippen molar-refractivity contribution in [3.63, 3.8) is 0 Å². The summed E-state index contributed by atoms with van der Waals surface area (Å²) in [5.74, 6) is 0.459. The fourth-order valence-corrected chi connectivity index (χ4v) is 2.81. The second kappa shape index (κ2) is 5.98. The minimum absolute atomic E-state index is 0.274. The van der Waals surface area contributed by atoms with E-state index < -0.39 is 10.0 Å². The number of hydrogen-bond acceptors (Lipinski definition) is 2. The smallest absolute Gasteiger partial charge is 0.214 e. The SMILES string of the molecule is CNS(=O)(=O)c1ccccc1CC(Br)C(C)C. The van der Waals surface area contributed by atoms with E-state index in [1.54, 1.807) is 12.1 Å². The second-order valence-electron chi connectivity index (χ2n) is 4.28. The predicted molar refractivity (Wildman–Crippen MR) is 73.9 cm³/mol. The van der Waals surface area contributed by atoms with Gasteiger partial charge in [-0.15, -0.1) is 0 Å². The van der Waals surface area contributed by atoms with Crippen molar-refractivity contribution in [3.8, 4) is 0 Å². The van der Waals surface area contributed by atoms with E-state index in [2.05, 4.69) is 34.5 Å². The summed E-state index contributed by atoms with van der Waals surface area (Å²) in [5.41, 5.74) is 0.845. The maximum atomic E-state index is 11.8. The third-order valence-corrected chi connectivity index (χ3v) is 5.56. The van der Waals surface area contributed by atoms with E-state index in [-0.39, 0.29) is 4.83 Å². The Morgan fingerprint density at radius 2 is 1.88 bits per heavy atom. The van der Waals surface area contributed by atoms with Crippen LogP contribution in [0.3, 0.4) is 0 Å². The van der Waals surface area contributed by atoms with Crippen molar-refractivity contribution in [2.45, 2.75) is 30.0 Å². The van der Waals surface area contributed by atoms with Gasteiger partial charge in [-0.25, -0.2) is 13.1 Å². The monoisotopic (exact) mass is 319 g/mol. The molecule has 0 aromatic heterocycles. The van der Waals surface area contributed by atoms with Gasteiger partial charge in [-0.3, -0.25) is 0 Å². The van der Waals surface area contributed by atoms with Gasteiger partial charge in [0, 0.05) is 4.83 Å². The molecular weight excluding hydrogens is 302 g/mol. The third-order valence-electron chi connectivity index (χ3n) is 2.67. The Morgan fingerprint density at radius 3 is 2.41 bits per heavy atom. The minimum atomic E-state index is -3.37. The fourth-order valence-electron chi connectivity index (χ4n) is 1.49. The van der Waals surface area contributed by atoms with Gasteiger partial charge in [-0.1, -0.05) is 48.0 Å². The van der Waals surface area contributed by atoms with Gasteiger partial charge < -0.3 is 0 Å². The Morgan fingerprint density at radius 1 is 1.29 bits per heavy atom. The van der Waals surface area contributed by atoms with Gasteiger partial charge in [0.15, 0.2) is 0 Å². The zero-order valence-corrected chi connectivity index (χ0v) is 12.7. The van der Waals surface area contributed by atoms with Gasteiger partial charge in [-0.2, -0.15) is 0 Å². The molecular formula is C12H18BrNO2S. The molecule has 0 radical (unpaired) electrons. The summed E-state index contributed by atoms with van der Waals surface area (Å²) in [6, 6.07) is 7.11. The molecule has 0 aliphatic rings. The van der Waals surface area contributed by atoms with E-state index in [0.717, 1.165) is 5.56 Å². The summed E-state index contributed by atoms with van der Waals surface area (Å²) in [7, 11) is -1.94. The number of hydrogen-bond donors (Lipinski definition) is 1. The van der Waals surface area contributed by atoms with Crippen LogP contribution in [0.1, 0.15) is 19.4 Å². The predicted octanol–water partition coefficient (Wildman–Crippen LogP) is 2.56. The number of benzene rings is 1. The highest BCUT2D eigenvalue weighted by Crippen LogP contribution is 2.22. The lowest BCUT2D eigenvalue weighted by Crippen LogP contribution is -2.21. The quantitative estimate of drug-likeness (QED) is 0.848. The van der Waals surface area contributed by atoms with Crippen molar-refractivity contribution < 1.29 is 8.42 Å². The number of nitrogens with one attached hydrogen (secondary N) is 1. The van der Waals surface area contributed by atoms with Crippen LogP contribution in [-0.2, 0) is 16.4 Å². The summed E-state index contributed by atoms with van der Waals surface area (Å²) in [5, 5.41) is 0. The van der Waals surface area contributed by atoms with Crippen LogP contribution in [0, 0.1) is 5.92 Å². The molecule has 0 heterocycles. The maximum absolute atomic E-state index is 11.8. The van der Waals surface area contributed by atoms with E-state index >= 15 is 0 Å². The molecule has 1 N–H and O–H groups in total. The van der Waals surface area contributed by atoms with Gasteiger partial charge in [0.05, 0.1) is 4.90 Å². The molecule has 1 unspecified atom stereocenters. The topological polar surface area (TPSA) is 46.2 Å². The molecule has 1 rings (SSSR count). The zero-order chi connectivity index (χ0) is 13.1. The lowest BCUT2D eigenvalue weighted by Gasteiger charge is -2.16. The van der Waals surface area contributed by atoms with Crippen molar-refractivity contribution in [1.82, 2.24) is 4.72 Å². The molecule has 3 nitrogen and oxygen atoms in total. The standard InChI is InChI=1S/C12H18BrNO2S/c1-9(2)11(13)8-10-6-4-5-7-12(10)17(15,16)14-3/h4-7,9,11,14H,8H2,1-3H3. The third kappa shape index (κ3) is 3.79. The van der Waals surface area contributed by atoms with Gasteiger partial charge in [-0.05, 0) is 31.0 Å². The highest BCUT2D eigenvalue weighted by atomic mass is 79.9. The van der Waals surface area contributed by atoms with Crippen molar-refractivity contribution >= 4 is 26.0 Å². The summed E-state index contributed by atoms with van der Waals surface area (Å²) >= 11 is 3.59. The van der Waals surface area contributed by atoms with Crippen molar-refractivity contribution in [2.75, 3.05) is 7.05 Å². The molecule has 5 heteroatoms. The summed E-state index contributed by atoms with van der Waals surface area (Å²) < 4.78 is 26.1. The van der Waals surface area contributed by atoms with Crippen LogP contribution in [0.5, 0.6) is 0 Å². The molecule has 17 heavy (non-hydrogen) atoms. The highest BCUT2D eigenvalue weighted by Gasteiger charge is 2.18. The summed E-state index contributed by atoms with van der Waals surface area (Å²) in [6.45, 7) is 4.21. The van der Waals surface area contributed by atoms with E-state index in [9.17, 15) is 8.42 Å². The van der Waals surface area contributed by atoms with E-state index in [0.29, 0.717) is 17.2 Å². The summed E-state index contributed by atoms with van der Waals surface area (Å²) in [4.78, 5) is 0.642. The van der Waals surface area contributed by atoms with Gasteiger partial charge >= 0.3 is 0 Å². The molecule has 1 atom stereocenters. The maximum Gasteiger partial charge on any atom is 0.240 e. The Balaban J connectivity index is 3.09. The molecule has 0 fully saturated rings. The first-order valence-corrected chi connectivity index (χ1v) is 7.94. The van der Waals surface area contributed by atoms with E-state index in [4.69, 9.17) is 0 Å². The number of rotatable bonds is 5. The second-order valence-corrected chi connectivity index (χ2v) is 7.31. The van der Waals surface area contributed by atoms with Crippen LogP contribution in [0.4, 0.5) is 0 Å². The Kier molecular flexibility index (Phi) is 5.16. The minimum Gasteiger partial charge on any atom is -0.214 e. The van der Waals surface area contributed by atoms with Crippen LogP contribution in [-0.4, -0.2) is 20.3 Å². The first-order chi connectivity index (χ1) is 7.88. The molecule has 0 aliphatic heterocycles. The van der Waals surface area contributed by atoms with E-state index in [1.807, 2.05) is 12.1 Å². The molecule has 0 saturated heterocycles. The molecule has 0 bridgehead atoms. The molecule has 1 aromatic carbocycles. The van der Waals surface area contributed by atoms with Crippen LogP contribution in [0.2, 0.25) is 0 Å². The Bertz CT molecular complexity index is 471. The van der Waals surface area contributed by atoms with Crippen LogP contribution in [0.15, 0.2) is 29.2 Å². The molecule has 1 aromatic rings. The first kappa shape index (κ1) is 14.7. The highest BCUT2D eigenvalue weighted by molar-refractivity contribution is 9.09. The molecule has 0 saturated carbocycles. The van der Waals surface area contributed by atoms with Crippen LogP contribution >= 0.6 is 15.9 Å². The largest absolute Gasteiger partial charge is 0.240 e.